The Morgan fingerprint density at radius 2 is 2.17 bits per heavy atom. The molecule has 1 aromatic carbocycles. The third-order valence-electron chi connectivity index (χ3n) is 4.62. The minimum Gasteiger partial charge on any atom is -0.441 e. The van der Waals surface area contributed by atoms with Gasteiger partial charge in [0.05, 0.1) is 6.54 Å². The predicted molar refractivity (Wildman–Crippen MR) is 90.8 cm³/mol. The maximum atomic E-state index is 12.4. The molecule has 2 aliphatic heterocycles. The molecular formula is C17H22ClN3O3. The Bertz CT molecular complexity index is 631. The van der Waals surface area contributed by atoms with Gasteiger partial charge in [-0.05, 0) is 30.8 Å². The summed E-state index contributed by atoms with van der Waals surface area (Å²) in [7, 11) is 1.73. The van der Waals surface area contributed by atoms with Crippen molar-refractivity contribution in [2.24, 2.45) is 0 Å². The highest BCUT2D eigenvalue weighted by atomic mass is 35.5. The first-order chi connectivity index (χ1) is 11.5. The molecule has 0 radical (unpaired) electrons. The summed E-state index contributed by atoms with van der Waals surface area (Å²) in [5.74, 6) is -0.113. The van der Waals surface area contributed by atoms with Gasteiger partial charge in [-0.1, -0.05) is 23.7 Å². The monoisotopic (exact) mass is 351 g/mol. The lowest BCUT2D eigenvalue weighted by molar-refractivity contribution is -0.130. The number of hydrogen-bond donors (Lipinski definition) is 1. The van der Waals surface area contributed by atoms with E-state index < -0.39 is 5.60 Å². The van der Waals surface area contributed by atoms with Crippen molar-refractivity contribution in [2.75, 3.05) is 33.2 Å². The summed E-state index contributed by atoms with van der Waals surface area (Å²) in [6.07, 6.45) is 1.20. The van der Waals surface area contributed by atoms with Crippen LogP contribution in [0, 0.1) is 0 Å². The second-order valence-electron chi connectivity index (χ2n) is 6.54. The van der Waals surface area contributed by atoms with Crippen LogP contribution in [0.3, 0.4) is 0 Å². The number of carbonyl (C=O) groups is 2. The fourth-order valence-electron chi connectivity index (χ4n) is 3.24. The summed E-state index contributed by atoms with van der Waals surface area (Å²) in [6, 6.07) is 7.41. The van der Waals surface area contributed by atoms with E-state index in [0.717, 1.165) is 31.5 Å². The first kappa shape index (κ1) is 17.0. The Morgan fingerprint density at radius 3 is 2.88 bits per heavy atom. The number of rotatable bonds is 4. The Morgan fingerprint density at radius 1 is 1.42 bits per heavy atom. The molecule has 130 valence electrons. The van der Waals surface area contributed by atoms with Crippen LogP contribution in [0.1, 0.15) is 18.4 Å². The molecule has 0 unspecified atom stereocenters. The molecule has 1 spiro atoms. The molecule has 3 rings (SSSR count). The summed E-state index contributed by atoms with van der Waals surface area (Å²) in [5, 5.41) is 3.90. The Labute approximate surface area is 146 Å². The van der Waals surface area contributed by atoms with Crippen LogP contribution in [-0.2, 0) is 16.1 Å². The topological polar surface area (TPSA) is 61.9 Å². The van der Waals surface area contributed by atoms with Crippen LogP contribution in [0.15, 0.2) is 24.3 Å². The van der Waals surface area contributed by atoms with Crippen molar-refractivity contribution in [3.05, 3.63) is 34.9 Å². The number of piperidine rings is 1. The lowest BCUT2D eigenvalue weighted by Crippen LogP contribution is -2.46. The predicted octanol–water partition coefficient (Wildman–Crippen LogP) is 1.87. The number of nitrogens with zero attached hydrogens (tertiary/aromatic N) is 2. The summed E-state index contributed by atoms with van der Waals surface area (Å²) in [6.45, 7) is 2.67. The molecule has 0 saturated carbocycles. The molecule has 1 aromatic rings. The Hall–Kier alpha value is -1.79. The van der Waals surface area contributed by atoms with Crippen LogP contribution >= 0.6 is 11.6 Å². The van der Waals surface area contributed by atoms with Crippen molar-refractivity contribution >= 4 is 23.6 Å². The highest BCUT2D eigenvalue weighted by Gasteiger charge is 2.46. The van der Waals surface area contributed by atoms with E-state index in [1.807, 2.05) is 18.2 Å². The van der Waals surface area contributed by atoms with E-state index in [4.69, 9.17) is 16.3 Å². The maximum absolute atomic E-state index is 12.4. The highest BCUT2D eigenvalue weighted by molar-refractivity contribution is 6.30. The van der Waals surface area contributed by atoms with Gasteiger partial charge < -0.3 is 15.0 Å². The zero-order chi connectivity index (χ0) is 17.2. The first-order valence-electron chi connectivity index (χ1n) is 8.14. The highest BCUT2D eigenvalue weighted by Crippen LogP contribution is 2.30. The summed E-state index contributed by atoms with van der Waals surface area (Å²) in [4.78, 5) is 27.7. The van der Waals surface area contributed by atoms with E-state index in [1.54, 1.807) is 18.0 Å². The molecule has 1 N–H and O–H groups in total. The minimum atomic E-state index is -0.422. The van der Waals surface area contributed by atoms with Crippen molar-refractivity contribution in [2.45, 2.75) is 25.0 Å². The number of halogens is 1. The third-order valence-corrected chi connectivity index (χ3v) is 4.85. The number of benzene rings is 1. The largest absolute Gasteiger partial charge is 0.441 e. The lowest BCUT2D eigenvalue weighted by Gasteiger charge is -2.31. The van der Waals surface area contributed by atoms with Crippen LogP contribution < -0.4 is 5.32 Å². The van der Waals surface area contributed by atoms with E-state index in [1.165, 1.54) is 4.90 Å². The van der Waals surface area contributed by atoms with Crippen LogP contribution in [0.2, 0.25) is 5.02 Å². The average molecular weight is 352 g/mol. The van der Waals surface area contributed by atoms with Gasteiger partial charge in [0, 0.05) is 31.5 Å². The lowest BCUT2D eigenvalue weighted by atomic mass is 9.92. The van der Waals surface area contributed by atoms with E-state index in [0.29, 0.717) is 18.1 Å². The molecule has 0 atom stereocenters. The minimum absolute atomic E-state index is 0.0467. The average Bonchev–Trinajstić information content (AvgIpc) is 2.83. The summed E-state index contributed by atoms with van der Waals surface area (Å²) in [5.41, 5.74) is 0.533. The molecule has 6 nitrogen and oxygen atoms in total. The van der Waals surface area contributed by atoms with Crippen LogP contribution in [-0.4, -0.2) is 60.6 Å². The van der Waals surface area contributed by atoms with Gasteiger partial charge in [-0.2, -0.15) is 0 Å². The maximum Gasteiger partial charge on any atom is 0.410 e. The molecule has 0 aromatic heterocycles. The van der Waals surface area contributed by atoms with Crippen LogP contribution in [0.5, 0.6) is 0 Å². The number of likely N-dealkylation sites (N-methyl/N-ethyl adjacent to an activating group) is 1. The molecule has 24 heavy (non-hydrogen) atoms. The van der Waals surface area contributed by atoms with Crippen LogP contribution in [0.25, 0.3) is 0 Å². The van der Waals surface area contributed by atoms with Gasteiger partial charge in [0.15, 0.2) is 0 Å². The molecule has 2 heterocycles. The van der Waals surface area contributed by atoms with Gasteiger partial charge >= 0.3 is 6.09 Å². The molecule has 2 aliphatic rings. The molecule has 7 heteroatoms. The first-order valence-corrected chi connectivity index (χ1v) is 8.52. The number of carbonyl (C=O) groups excluding carboxylic acids is 2. The fourth-order valence-corrected chi connectivity index (χ4v) is 3.45. The SMILES string of the molecule is CN(Cc1cccc(Cl)c1)C(=O)CN1CC2(CCNCC2)OC1=O. The number of amides is 2. The van der Waals surface area contributed by atoms with Gasteiger partial charge in [-0.25, -0.2) is 4.79 Å². The molecule has 2 fully saturated rings. The fraction of sp³-hybridized carbons (Fsp3) is 0.529. The standard InChI is InChI=1S/C17H22ClN3O3/c1-20(10-13-3-2-4-14(18)9-13)15(22)11-21-12-17(24-16(21)23)5-7-19-8-6-17/h2-4,9,19H,5-8,10-12H2,1H3. The molecular weight excluding hydrogens is 330 g/mol. The van der Waals surface area contributed by atoms with Gasteiger partial charge in [0.25, 0.3) is 0 Å². The van der Waals surface area contributed by atoms with Crippen molar-refractivity contribution < 1.29 is 14.3 Å². The molecule has 2 saturated heterocycles. The summed E-state index contributed by atoms with van der Waals surface area (Å²) >= 11 is 5.97. The Balaban J connectivity index is 1.57. The van der Waals surface area contributed by atoms with Gasteiger partial charge in [0.1, 0.15) is 12.1 Å². The second kappa shape index (κ2) is 6.99. The Kier molecular flexibility index (Phi) is 4.96. The number of hydrogen-bond acceptors (Lipinski definition) is 4. The smallest absolute Gasteiger partial charge is 0.410 e. The van der Waals surface area contributed by atoms with Crippen molar-refractivity contribution in [1.29, 1.82) is 0 Å². The van der Waals surface area contributed by atoms with Gasteiger partial charge in [0.2, 0.25) is 5.91 Å². The zero-order valence-corrected chi connectivity index (χ0v) is 14.5. The molecule has 2 amide bonds. The number of ether oxygens (including phenoxy) is 1. The van der Waals surface area contributed by atoms with E-state index in [2.05, 4.69) is 5.32 Å². The summed E-state index contributed by atoms with van der Waals surface area (Å²) < 4.78 is 5.58. The molecule has 0 bridgehead atoms. The normalized spacial score (nSPS) is 19.4. The van der Waals surface area contributed by atoms with E-state index >= 15 is 0 Å². The van der Waals surface area contributed by atoms with Gasteiger partial charge in [-0.3, -0.25) is 9.69 Å². The van der Waals surface area contributed by atoms with Crippen molar-refractivity contribution in [3.8, 4) is 0 Å². The number of nitrogens with one attached hydrogen (secondary N) is 1. The van der Waals surface area contributed by atoms with Gasteiger partial charge in [-0.15, -0.1) is 0 Å². The van der Waals surface area contributed by atoms with E-state index in [9.17, 15) is 9.59 Å². The van der Waals surface area contributed by atoms with E-state index in [-0.39, 0.29) is 18.5 Å². The quantitative estimate of drug-likeness (QED) is 0.899. The second-order valence-corrected chi connectivity index (χ2v) is 6.97. The molecule has 0 aliphatic carbocycles. The third kappa shape index (κ3) is 3.82. The van der Waals surface area contributed by atoms with Crippen molar-refractivity contribution in [1.82, 2.24) is 15.1 Å². The van der Waals surface area contributed by atoms with Crippen molar-refractivity contribution in [3.63, 3.8) is 0 Å². The zero-order valence-electron chi connectivity index (χ0n) is 13.8. The van der Waals surface area contributed by atoms with Crippen LogP contribution in [0.4, 0.5) is 4.79 Å².